The molecule has 13 heteroatoms. The van der Waals surface area contributed by atoms with Gasteiger partial charge in [-0.1, -0.05) is 0 Å². The molecule has 0 aromatic heterocycles. The molecule has 0 atom stereocenters. The van der Waals surface area contributed by atoms with Gasteiger partial charge in [0.25, 0.3) is 15.5 Å². The van der Waals surface area contributed by atoms with Crippen molar-refractivity contribution < 1.29 is 34.9 Å². The van der Waals surface area contributed by atoms with E-state index in [0.29, 0.717) is 6.07 Å². The van der Waals surface area contributed by atoms with Crippen molar-refractivity contribution in [2.45, 2.75) is 15.3 Å². The van der Waals surface area contributed by atoms with E-state index >= 15 is 0 Å². The van der Waals surface area contributed by atoms with Crippen LogP contribution in [0.3, 0.4) is 0 Å². The molecular weight excluding hydrogens is 329 g/mol. The standard InChI is InChI=1S/C7H5F3N2O6S2/c8-7(9,10)19(15,16)4-1-2-6(20(11,17)18)5(3-4)12(13)14/h1-3H,(H2,11,17,18). The number of nitro groups is 1. The van der Waals surface area contributed by atoms with E-state index in [1.165, 1.54) is 0 Å². The summed E-state index contributed by atoms with van der Waals surface area (Å²) in [6, 6.07) is 0.588. The molecule has 0 saturated heterocycles. The Balaban J connectivity index is 3.68. The summed E-state index contributed by atoms with van der Waals surface area (Å²) in [5.41, 5.74) is -7.04. The van der Waals surface area contributed by atoms with Crippen molar-refractivity contribution in [2.75, 3.05) is 0 Å². The summed E-state index contributed by atoms with van der Waals surface area (Å²) in [6.07, 6.45) is 0. The molecule has 0 bridgehead atoms. The van der Waals surface area contributed by atoms with Gasteiger partial charge in [-0.05, 0) is 12.1 Å². The number of nitro benzene ring substituents is 1. The monoisotopic (exact) mass is 334 g/mol. The zero-order valence-corrected chi connectivity index (χ0v) is 10.8. The Morgan fingerprint density at radius 1 is 1.15 bits per heavy atom. The summed E-state index contributed by atoms with van der Waals surface area (Å²) >= 11 is 0. The third-order valence-electron chi connectivity index (χ3n) is 2.05. The van der Waals surface area contributed by atoms with Gasteiger partial charge in [0, 0.05) is 6.07 Å². The molecule has 0 fully saturated rings. The molecule has 0 aliphatic carbocycles. The van der Waals surface area contributed by atoms with Crippen LogP contribution in [0.25, 0.3) is 0 Å². The number of hydrogen-bond acceptors (Lipinski definition) is 6. The summed E-state index contributed by atoms with van der Waals surface area (Å²) < 4.78 is 81.0. The van der Waals surface area contributed by atoms with E-state index in [9.17, 15) is 40.1 Å². The maximum absolute atomic E-state index is 12.3. The zero-order valence-electron chi connectivity index (χ0n) is 9.16. The van der Waals surface area contributed by atoms with Gasteiger partial charge in [-0.3, -0.25) is 10.1 Å². The lowest BCUT2D eigenvalue weighted by molar-refractivity contribution is -0.388. The Morgan fingerprint density at radius 2 is 1.65 bits per heavy atom. The van der Waals surface area contributed by atoms with Crippen LogP contribution in [0, 0.1) is 10.1 Å². The highest BCUT2D eigenvalue weighted by atomic mass is 32.2. The number of nitrogens with zero attached hydrogens (tertiary/aromatic N) is 1. The lowest BCUT2D eigenvalue weighted by Crippen LogP contribution is -2.23. The second-order valence-corrected chi connectivity index (χ2v) is 6.85. The number of hydrogen-bond donors (Lipinski definition) is 1. The molecule has 0 aliphatic heterocycles. The Hall–Kier alpha value is -1.73. The molecule has 0 saturated carbocycles. The maximum Gasteiger partial charge on any atom is 0.501 e. The average Bonchev–Trinajstić information content (AvgIpc) is 2.25. The van der Waals surface area contributed by atoms with Crippen LogP contribution in [-0.4, -0.2) is 27.3 Å². The molecule has 0 unspecified atom stereocenters. The largest absolute Gasteiger partial charge is 0.501 e. The van der Waals surface area contributed by atoms with Gasteiger partial charge in [0.15, 0.2) is 4.90 Å². The normalized spacial score (nSPS) is 13.2. The molecule has 0 amide bonds. The lowest BCUT2D eigenvalue weighted by atomic mass is 10.3. The molecule has 0 radical (unpaired) electrons. The second kappa shape index (κ2) is 4.68. The van der Waals surface area contributed by atoms with E-state index in [0.717, 1.165) is 0 Å². The highest BCUT2D eigenvalue weighted by molar-refractivity contribution is 7.92. The van der Waals surface area contributed by atoms with E-state index in [2.05, 4.69) is 5.14 Å². The SMILES string of the molecule is NS(=O)(=O)c1ccc(S(=O)(=O)C(F)(F)F)cc1[N+](=O)[O-]. The van der Waals surface area contributed by atoms with Crippen LogP contribution in [-0.2, 0) is 19.9 Å². The predicted molar refractivity (Wildman–Crippen MR) is 57.7 cm³/mol. The summed E-state index contributed by atoms with van der Waals surface area (Å²) in [5, 5.41) is 15.2. The van der Waals surface area contributed by atoms with Crippen molar-refractivity contribution in [3.8, 4) is 0 Å². The second-order valence-electron chi connectivity index (χ2n) is 3.38. The first-order valence-corrected chi connectivity index (χ1v) is 7.44. The van der Waals surface area contributed by atoms with Gasteiger partial charge in [0.2, 0.25) is 10.0 Å². The molecule has 0 aliphatic rings. The number of sulfonamides is 1. The predicted octanol–water partition coefficient (Wildman–Crippen LogP) is 0.536. The minimum atomic E-state index is -5.83. The van der Waals surface area contributed by atoms with Gasteiger partial charge in [0.05, 0.1) is 9.82 Å². The van der Waals surface area contributed by atoms with E-state index in [1.54, 1.807) is 0 Å². The number of benzene rings is 1. The lowest BCUT2D eigenvalue weighted by Gasteiger charge is -2.08. The number of nitrogens with two attached hydrogens (primary N) is 1. The Morgan fingerprint density at radius 3 is 2.00 bits per heavy atom. The molecule has 1 aromatic carbocycles. The zero-order chi connectivity index (χ0) is 15.9. The van der Waals surface area contributed by atoms with Crippen LogP contribution in [0.2, 0.25) is 0 Å². The quantitative estimate of drug-likeness (QED) is 0.632. The fourth-order valence-corrected chi connectivity index (χ4v) is 2.65. The fourth-order valence-electron chi connectivity index (χ4n) is 1.18. The van der Waals surface area contributed by atoms with Crippen LogP contribution in [0.1, 0.15) is 0 Å². The first-order chi connectivity index (χ1) is 8.78. The third-order valence-corrected chi connectivity index (χ3v) is 4.49. The summed E-state index contributed by atoms with van der Waals surface area (Å²) in [4.78, 5) is 6.71. The van der Waals surface area contributed by atoms with E-state index < -0.39 is 45.8 Å². The molecule has 20 heavy (non-hydrogen) atoms. The molecule has 112 valence electrons. The van der Waals surface area contributed by atoms with Crippen LogP contribution in [0.5, 0.6) is 0 Å². The first-order valence-electron chi connectivity index (χ1n) is 4.41. The molecule has 0 heterocycles. The maximum atomic E-state index is 12.3. The van der Waals surface area contributed by atoms with Crippen LogP contribution in [0.4, 0.5) is 18.9 Å². The topological polar surface area (TPSA) is 137 Å². The summed E-state index contributed by atoms with van der Waals surface area (Å²) in [6.45, 7) is 0. The van der Waals surface area contributed by atoms with Gasteiger partial charge in [-0.25, -0.2) is 22.0 Å². The van der Waals surface area contributed by atoms with Crippen molar-refractivity contribution in [1.82, 2.24) is 0 Å². The Kier molecular flexibility index (Phi) is 3.82. The van der Waals surface area contributed by atoms with E-state index in [4.69, 9.17) is 0 Å². The van der Waals surface area contributed by atoms with E-state index in [-0.39, 0.29) is 12.1 Å². The van der Waals surface area contributed by atoms with Crippen molar-refractivity contribution in [1.29, 1.82) is 0 Å². The number of sulfone groups is 1. The number of alkyl halides is 3. The summed E-state index contributed by atoms with van der Waals surface area (Å²) in [5.74, 6) is 0. The minimum absolute atomic E-state index is 0.0113. The minimum Gasteiger partial charge on any atom is -0.258 e. The van der Waals surface area contributed by atoms with Gasteiger partial charge >= 0.3 is 5.51 Å². The first kappa shape index (κ1) is 16.3. The third kappa shape index (κ3) is 2.88. The van der Waals surface area contributed by atoms with Crippen LogP contribution < -0.4 is 5.14 Å². The number of primary sulfonamides is 1. The van der Waals surface area contributed by atoms with Crippen LogP contribution in [0.15, 0.2) is 28.0 Å². The number of halogens is 3. The van der Waals surface area contributed by atoms with Gasteiger partial charge in [-0.15, -0.1) is 0 Å². The average molecular weight is 334 g/mol. The molecule has 1 rings (SSSR count). The fraction of sp³-hybridized carbons (Fsp3) is 0.143. The van der Waals surface area contributed by atoms with Crippen LogP contribution >= 0.6 is 0 Å². The Bertz CT molecular complexity index is 768. The summed E-state index contributed by atoms with van der Waals surface area (Å²) in [7, 11) is -10.4. The van der Waals surface area contributed by atoms with Crippen molar-refractivity contribution in [2.24, 2.45) is 5.14 Å². The molecule has 0 spiro atoms. The van der Waals surface area contributed by atoms with Crippen molar-refractivity contribution in [3.05, 3.63) is 28.3 Å². The smallest absolute Gasteiger partial charge is 0.258 e. The van der Waals surface area contributed by atoms with Gasteiger partial charge in [-0.2, -0.15) is 13.2 Å². The number of rotatable bonds is 3. The van der Waals surface area contributed by atoms with E-state index in [1.807, 2.05) is 0 Å². The van der Waals surface area contributed by atoms with Crippen molar-refractivity contribution in [3.63, 3.8) is 0 Å². The molecule has 2 N–H and O–H groups in total. The van der Waals surface area contributed by atoms with Gasteiger partial charge in [0.1, 0.15) is 0 Å². The molecule has 1 aromatic rings. The highest BCUT2D eigenvalue weighted by Crippen LogP contribution is 2.33. The Labute approximate surface area is 110 Å². The molecule has 8 nitrogen and oxygen atoms in total. The highest BCUT2D eigenvalue weighted by Gasteiger charge is 2.47. The van der Waals surface area contributed by atoms with Crippen molar-refractivity contribution >= 4 is 25.5 Å². The molecular formula is C7H5F3N2O6S2. The van der Waals surface area contributed by atoms with Gasteiger partial charge < -0.3 is 0 Å².